The Labute approximate surface area is 161 Å². The van der Waals surface area contributed by atoms with E-state index in [1.807, 2.05) is 4.90 Å². The molecule has 2 heterocycles. The molecule has 1 fully saturated rings. The van der Waals surface area contributed by atoms with Crippen molar-refractivity contribution in [3.8, 4) is 0 Å². The third kappa shape index (κ3) is 3.86. The molecule has 1 aromatic heterocycles. The summed E-state index contributed by atoms with van der Waals surface area (Å²) in [5.74, 6) is 0.766. The number of anilines is 1. The van der Waals surface area contributed by atoms with Crippen molar-refractivity contribution in [1.29, 1.82) is 0 Å². The van der Waals surface area contributed by atoms with Gasteiger partial charge in [-0.15, -0.1) is 0 Å². The number of nitrogens with zero attached hydrogens (tertiary/aromatic N) is 1. The van der Waals surface area contributed by atoms with Gasteiger partial charge < -0.3 is 19.5 Å². The Kier molecular flexibility index (Phi) is 5.28. The maximum Gasteiger partial charge on any atom is 0.416 e. The lowest BCUT2D eigenvalue weighted by molar-refractivity contribution is -0.137. The van der Waals surface area contributed by atoms with Crippen LogP contribution in [0.1, 0.15) is 49.7 Å². The summed E-state index contributed by atoms with van der Waals surface area (Å²) in [6, 6.07) is 3.43. The van der Waals surface area contributed by atoms with Crippen molar-refractivity contribution >= 4 is 16.7 Å². The van der Waals surface area contributed by atoms with Crippen molar-refractivity contribution in [3.63, 3.8) is 0 Å². The number of aliphatic hydroxyl groups is 2. The highest BCUT2D eigenvalue weighted by atomic mass is 19.4. The number of rotatable bonds is 3. The number of furan rings is 1. The van der Waals surface area contributed by atoms with Crippen LogP contribution in [0.4, 0.5) is 18.9 Å². The van der Waals surface area contributed by atoms with Crippen LogP contribution in [0.15, 0.2) is 22.6 Å². The van der Waals surface area contributed by atoms with Crippen LogP contribution in [0, 0.1) is 5.92 Å². The zero-order valence-electron chi connectivity index (χ0n) is 15.5. The fourth-order valence-electron chi connectivity index (χ4n) is 4.33. The highest BCUT2D eigenvalue weighted by Gasteiger charge is 2.33. The third-order valence-electron chi connectivity index (χ3n) is 5.92. The molecule has 0 spiro atoms. The summed E-state index contributed by atoms with van der Waals surface area (Å²) in [5.41, 5.74) is 0.164. The molecule has 28 heavy (non-hydrogen) atoms. The smallest absolute Gasteiger partial charge is 0.416 e. The van der Waals surface area contributed by atoms with Gasteiger partial charge >= 0.3 is 6.18 Å². The summed E-state index contributed by atoms with van der Waals surface area (Å²) < 4.78 is 45.3. The Hall–Kier alpha value is -1.77. The molecule has 0 radical (unpaired) electrons. The summed E-state index contributed by atoms with van der Waals surface area (Å²) in [7, 11) is 0. The van der Waals surface area contributed by atoms with Crippen molar-refractivity contribution < 1.29 is 27.8 Å². The van der Waals surface area contributed by atoms with E-state index in [9.17, 15) is 23.4 Å². The number of hydrogen-bond donors (Lipinski definition) is 3. The fraction of sp³-hybridized carbons (Fsp3) is 0.600. The first-order chi connectivity index (χ1) is 13.3. The van der Waals surface area contributed by atoms with Gasteiger partial charge in [-0.1, -0.05) is 0 Å². The predicted molar refractivity (Wildman–Crippen MR) is 99.0 cm³/mol. The van der Waals surface area contributed by atoms with E-state index in [4.69, 9.17) is 4.42 Å². The molecule has 8 heteroatoms. The summed E-state index contributed by atoms with van der Waals surface area (Å²) in [4.78, 5) is 2.02. The van der Waals surface area contributed by atoms with E-state index in [2.05, 4.69) is 5.32 Å². The molecule has 0 bridgehead atoms. The number of alkyl halides is 3. The summed E-state index contributed by atoms with van der Waals surface area (Å²) >= 11 is 0. The van der Waals surface area contributed by atoms with Crippen molar-refractivity contribution in [2.45, 2.75) is 50.6 Å². The predicted octanol–water partition coefficient (Wildman–Crippen LogP) is 3.79. The largest absolute Gasteiger partial charge is 0.455 e. The minimum atomic E-state index is -4.44. The number of aliphatic hydroxyl groups excluding tert-OH is 2. The Bertz CT molecular complexity index is 828. The van der Waals surface area contributed by atoms with Gasteiger partial charge in [0, 0.05) is 25.0 Å². The van der Waals surface area contributed by atoms with Gasteiger partial charge in [0.1, 0.15) is 5.58 Å². The molecule has 1 unspecified atom stereocenters. The van der Waals surface area contributed by atoms with Gasteiger partial charge in [0.25, 0.3) is 0 Å². The molecule has 1 aliphatic heterocycles. The van der Waals surface area contributed by atoms with Crippen LogP contribution in [0.2, 0.25) is 0 Å². The number of hydrogen-bond acceptors (Lipinski definition) is 5. The van der Waals surface area contributed by atoms with Gasteiger partial charge in [-0.25, -0.2) is 0 Å². The van der Waals surface area contributed by atoms with Crippen molar-refractivity contribution in [1.82, 2.24) is 5.32 Å². The third-order valence-corrected chi connectivity index (χ3v) is 5.92. The van der Waals surface area contributed by atoms with Gasteiger partial charge in [-0.3, -0.25) is 5.32 Å². The Morgan fingerprint density at radius 1 is 1.14 bits per heavy atom. The highest BCUT2D eigenvalue weighted by Crippen LogP contribution is 2.41. The normalized spacial score (nSPS) is 26.3. The minimum absolute atomic E-state index is 0.209. The molecule has 1 aromatic carbocycles. The first-order valence-electron chi connectivity index (χ1n) is 9.81. The standard InChI is InChI=1S/C20H25F3N2O3/c21-20(22,23)13-3-6-16-15(11-13)17-18(28-16)19(27)24-8-10-25(17)9-7-12-1-4-14(26)5-2-12/h3,6,11-12,14,19,24,26-27H,1-2,4-5,7-10H2/t12-,14+,19?. The molecule has 1 atom stereocenters. The molecule has 5 nitrogen and oxygen atoms in total. The monoisotopic (exact) mass is 398 g/mol. The number of nitrogens with one attached hydrogen (secondary N) is 1. The van der Waals surface area contributed by atoms with Gasteiger partial charge in [0.15, 0.2) is 12.0 Å². The first-order valence-corrected chi connectivity index (χ1v) is 9.81. The first kappa shape index (κ1) is 19.5. The van der Waals surface area contributed by atoms with E-state index < -0.39 is 18.0 Å². The highest BCUT2D eigenvalue weighted by molar-refractivity contribution is 5.94. The van der Waals surface area contributed by atoms with Crippen LogP contribution in [0.5, 0.6) is 0 Å². The topological polar surface area (TPSA) is 68.9 Å². The maximum atomic E-state index is 13.2. The molecule has 0 saturated heterocycles. The SMILES string of the molecule is OC1NCCN(CC[C@H]2CC[C@@H](O)CC2)c2c1oc1ccc(C(F)(F)F)cc21. The van der Waals surface area contributed by atoms with E-state index >= 15 is 0 Å². The molecule has 3 N–H and O–H groups in total. The van der Waals surface area contributed by atoms with Crippen LogP contribution >= 0.6 is 0 Å². The number of fused-ring (bicyclic) bond motifs is 3. The molecular formula is C20H25F3N2O3. The Balaban J connectivity index is 1.64. The van der Waals surface area contributed by atoms with Crippen LogP contribution in [-0.2, 0) is 6.18 Å². The van der Waals surface area contributed by atoms with Crippen LogP contribution < -0.4 is 10.2 Å². The van der Waals surface area contributed by atoms with Crippen LogP contribution in [0.3, 0.4) is 0 Å². The maximum absolute atomic E-state index is 13.2. The Morgan fingerprint density at radius 2 is 1.89 bits per heavy atom. The molecular weight excluding hydrogens is 373 g/mol. The van der Waals surface area contributed by atoms with Crippen molar-refractivity contribution in [2.24, 2.45) is 5.92 Å². The van der Waals surface area contributed by atoms with Gasteiger partial charge in [0.05, 0.1) is 17.4 Å². The summed E-state index contributed by atoms with van der Waals surface area (Å²) in [5, 5.41) is 23.4. The van der Waals surface area contributed by atoms with Gasteiger partial charge in [-0.2, -0.15) is 13.2 Å². The van der Waals surface area contributed by atoms with Gasteiger partial charge in [0.2, 0.25) is 0 Å². The van der Waals surface area contributed by atoms with Gasteiger partial charge in [-0.05, 0) is 56.2 Å². The van der Waals surface area contributed by atoms with Crippen LogP contribution in [0.25, 0.3) is 11.0 Å². The Morgan fingerprint density at radius 3 is 2.61 bits per heavy atom. The number of benzene rings is 1. The van der Waals surface area contributed by atoms with E-state index in [1.165, 1.54) is 6.07 Å². The lowest BCUT2D eigenvalue weighted by Gasteiger charge is -2.29. The minimum Gasteiger partial charge on any atom is -0.455 e. The zero-order valence-corrected chi connectivity index (χ0v) is 15.5. The van der Waals surface area contributed by atoms with Crippen LogP contribution in [-0.4, -0.2) is 36.0 Å². The van der Waals surface area contributed by atoms with Crippen molar-refractivity contribution in [2.75, 3.05) is 24.5 Å². The second kappa shape index (κ2) is 7.57. The molecule has 4 rings (SSSR count). The number of halogens is 3. The molecule has 2 aliphatic rings. The summed E-state index contributed by atoms with van der Waals surface area (Å²) in [6.45, 7) is 1.76. The van der Waals surface area contributed by atoms with E-state index in [1.54, 1.807) is 0 Å². The van der Waals surface area contributed by atoms with E-state index in [-0.39, 0.29) is 11.9 Å². The fourth-order valence-corrected chi connectivity index (χ4v) is 4.33. The summed E-state index contributed by atoms with van der Waals surface area (Å²) in [6.07, 6.45) is -1.26. The zero-order chi connectivity index (χ0) is 19.9. The molecule has 154 valence electrons. The molecule has 1 aliphatic carbocycles. The average molecular weight is 398 g/mol. The van der Waals surface area contributed by atoms with E-state index in [0.29, 0.717) is 42.2 Å². The lowest BCUT2D eigenvalue weighted by atomic mass is 9.85. The second-order valence-corrected chi connectivity index (χ2v) is 7.83. The molecule has 1 saturated carbocycles. The second-order valence-electron chi connectivity index (χ2n) is 7.83. The van der Waals surface area contributed by atoms with E-state index in [0.717, 1.165) is 44.2 Å². The average Bonchev–Trinajstić information content (AvgIpc) is 2.96. The van der Waals surface area contributed by atoms with Crippen molar-refractivity contribution in [3.05, 3.63) is 29.5 Å². The lowest BCUT2D eigenvalue weighted by Crippen LogP contribution is -2.32. The molecule has 2 aromatic rings. The quantitative estimate of drug-likeness (QED) is 0.734. The molecule has 0 amide bonds.